The fourth-order valence-corrected chi connectivity index (χ4v) is 3.25. The number of rotatable bonds is 11. The molecule has 1 aromatic heterocycles. The smallest absolute Gasteiger partial charge is 0.158 e. The first-order valence-electron chi connectivity index (χ1n) is 9.30. The largest absolute Gasteiger partial charge is 0.469 e. The van der Waals surface area contributed by atoms with Gasteiger partial charge in [-0.05, 0) is 25.0 Å². The molecule has 128 valence electrons. The Bertz CT molecular complexity index is 476. The summed E-state index contributed by atoms with van der Waals surface area (Å²) in [5.41, 5.74) is 1.07. The van der Waals surface area contributed by atoms with Gasteiger partial charge in [0.2, 0.25) is 0 Å². The highest BCUT2D eigenvalue weighted by atomic mass is 16.3. The van der Waals surface area contributed by atoms with Crippen LogP contribution in [0.5, 0.6) is 0 Å². The standard InChI is InChI=1S/C20H31NO2/c1-2-3-4-5-6-7-8-9-12-21-18-14-17(15-19(22)16-18)20-11-10-13-23-20/h10-11,13,16-17,21H,2-9,12,14-15H2,1H3. The zero-order valence-electron chi connectivity index (χ0n) is 14.5. The first-order chi connectivity index (χ1) is 11.3. The second kappa shape index (κ2) is 10.3. The second-order valence-electron chi connectivity index (χ2n) is 6.66. The number of nitrogens with one attached hydrogen (secondary N) is 1. The summed E-state index contributed by atoms with van der Waals surface area (Å²) in [5, 5.41) is 3.45. The van der Waals surface area contributed by atoms with Crippen LogP contribution < -0.4 is 5.32 Å². The lowest BCUT2D eigenvalue weighted by Gasteiger charge is -2.21. The Kier molecular flexibility index (Phi) is 7.99. The van der Waals surface area contributed by atoms with Gasteiger partial charge in [0.15, 0.2) is 5.78 Å². The molecule has 0 bridgehead atoms. The molecule has 23 heavy (non-hydrogen) atoms. The lowest BCUT2D eigenvalue weighted by atomic mass is 9.89. The van der Waals surface area contributed by atoms with E-state index in [0.717, 1.165) is 24.4 Å². The molecule has 1 aliphatic carbocycles. The number of carbonyl (C=O) groups is 1. The molecule has 1 heterocycles. The van der Waals surface area contributed by atoms with Gasteiger partial charge in [0, 0.05) is 30.7 Å². The van der Waals surface area contributed by atoms with E-state index in [0.29, 0.717) is 6.42 Å². The van der Waals surface area contributed by atoms with Gasteiger partial charge in [-0.1, -0.05) is 51.9 Å². The normalized spacial score (nSPS) is 18.0. The molecule has 0 saturated carbocycles. The minimum Gasteiger partial charge on any atom is -0.469 e. The van der Waals surface area contributed by atoms with E-state index in [1.165, 1.54) is 51.4 Å². The zero-order chi connectivity index (χ0) is 16.3. The monoisotopic (exact) mass is 317 g/mol. The van der Waals surface area contributed by atoms with Crippen molar-refractivity contribution in [2.45, 2.75) is 77.0 Å². The summed E-state index contributed by atoms with van der Waals surface area (Å²) in [7, 11) is 0. The number of hydrogen-bond donors (Lipinski definition) is 1. The van der Waals surface area contributed by atoms with Crippen LogP contribution in [0.2, 0.25) is 0 Å². The Morgan fingerprint density at radius 2 is 1.83 bits per heavy atom. The van der Waals surface area contributed by atoms with Gasteiger partial charge in [0.05, 0.1) is 6.26 Å². The van der Waals surface area contributed by atoms with E-state index in [-0.39, 0.29) is 11.7 Å². The molecule has 0 fully saturated rings. The predicted molar refractivity (Wildman–Crippen MR) is 94.4 cm³/mol. The van der Waals surface area contributed by atoms with Crippen molar-refractivity contribution in [1.29, 1.82) is 0 Å². The third kappa shape index (κ3) is 6.64. The van der Waals surface area contributed by atoms with E-state index in [1.807, 2.05) is 12.1 Å². The first-order valence-corrected chi connectivity index (χ1v) is 9.30. The Morgan fingerprint density at radius 1 is 1.09 bits per heavy atom. The molecule has 0 aliphatic heterocycles. The lowest BCUT2D eigenvalue weighted by molar-refractivity contribution is -0.115. The highest BCUT2D eigenvalue weighted by molar-refractivity contribution is 5.91. The van der Waals surface area contributed by atoms with E-state index in [9.17, 15) is 4.79 Å². The van der Waals surface area contributed by atoms with Crippen LogP contribution in [0.25, 0.3) is 0 Å². The van der Waals surface area contributed by atoms with Crippen molar-refractivity contribution in [3.63, 3.8) is 0 Å². The minimum atomic E-state index is 0.198. The predicted octanol–water partition coefficient (Wildman–Crippen LogP) is 5.34. The number of allylic oxidation sites excluding steroid dienone is 2. The Balaban J connectivity index is 1.59. The van der Waals surface area contributed by atoms with E-state index < -0.39 is 0 Å². The first kappa shape index (κ1) is 17.8. The van der Waals surface area contributed by atoms with Gasteiger partial charge in [0.1, 0.15) is 5.76 Å². The average molecular weight is 317 g/mol. The summed E-state index contributed by atoms with van der Waals surface area (Å²) in [6, 6.07) is 3.87. The van der Waals surface area contributed by atoms with Crippen LogP contribution in [0, 0.1) is 0 Å². The molecular weight excluding hydrogens is 286 g/mol. The number of unbranched alkanes of at least 4 members (excludes halogenated alkanes) is 7. The molecule has 0 aromatic carbocycles. The van der Waals surface area contributed by atoms with Crippen molar-refractivity contribution in [1.82, 2.24) is 5.32 Å². The van der Waals surface area contributed by atoms with Crippen LogP contribution in [0.1, 0.15) is 82.8 Å². The topological polar surface area (TPSA) is 42.2 Å². The molecule has 1 unspecified atom stereocenters. The second-order valence-corrected chi connectivity index (χ2v) is 6.66. The van der Waals surface area contributed by atoms with E-state index in [2.05, 4.69) is 12.2 Å². The van der Waals surface area contributed by atoms with E-state index in [4.69, 9.17) is 4.42 Å². The molecule has 3 nitrogen and oxygen atoms in total. The van der Waals surface area contributed by atoms with E-state index >= 15 is 0 Å². The molecule has 1 aromatic rings. The third-order valence-corrected chi connectivity index (χ3v) is 4.58. The number of hydrogen-bond acceptors (Lipinski definition) is 3. The number of carbonyl (C=O) groups excluding carboxylic acids is 1. The number of ketones is 1. The van der Waals surface area contributed by atoms with E-state index in [1.54, 1.807) is 12.3 Å². The van der Waals surface area contributed by atoms with Crippen LogP contribution in [0.15, 0.2) is 34.6 Å². The van der Waals surface area contributed by atoms with Crippen LogP contribution in [-0.4, -0.2) is 12.3 Å². The molecule has 1 N–H and O–H groups in total. The summed E-state index contributed by atoms with van der Waals surface area (Å²) in [5.74, 6) is 1.33. The summed E-state index contributed by atoms with van der Waals surface area (Å²) in [4.78, 5) is 11.9. The molecule has 0 spiro atoms. The molecule has 0 saturated heterocycles. The van der Waals surface area contributed by atoms with Gasteiger partial charge < -0.3 is 9.73 Å². The lowest BCUT2D eigenvalue weighted by Crippen LogP contribution is -2.22. The van der Waals surface area contributed by atoms with Gasteiger partial charge >= 0.3 is 0 Å². The SMILES string of the molecule is CCCCCCCCCCNC1=CC(=O)CC(c2ccco2)C1. The summed E-state index contributed by atoms with van der Waals surface area (Å²) < 4.78 is 5.46. The maximum atomic E-state index is 11.9. The molecule has 2 rings (SSSR count). The van der Waals surface area contributed by atoms with Crippen molar-refractivity contribution >= 4 is 5.78 Å². The van der Waals surface area contributed by atoms with Crippen LogP contribution in [0.3, 0.4) is 0 Å². The van der Waals surface area contributed by atoms with Gasteiger partial charge in [-0.25, -0.2) is 0 Å². The highest BCUT2D eigenvalue weighted by Gasteiger charge is 2.23. The zero-order valence-corrected chi connectivity index (χ0v) is 14.5. The van der Waals surface area contributed by atoms with Crippen LogP contribution >= 0.6 is 0 Å². The van der Waals surface area contributed by atoms with Gasteiger partial charge in [-0.15, -0.1) is 0 Å². The molecule has 3 heteroatoms. The van der Waals surface area contributed by atoms with Crippen LogP contribution in [0.4, 0.5) is 0 Å². The molecule has 1 aliphatic rings. The highest BCUT2D eigenvalue weighted by Crippen LogP contribution is 2.30. The molecule has 1 atom stereocenters. The summed E-state index contributed by atoms with van der Waals surface area (Å²) >= 11 is 0. The molecular formula is C20H31NO2. The van der Waals surface area contributed by atoms with Crippen molar-refractivity contribution in [2.75, 3.05) is 6.54 Å². The fraction of sp³-hybridized carbons (Fsp3) is 0.650. The Morgan fingerprint density at radius 3 is 2.52 bits per heavy atom. The summed E-state index contributed by atoms with van der Waals surface area (Å²) in [6.07, 6.45) is 15.5. The molecule has 0 amide bonds. The number of furan rings is 1. The minimum absolute atomic E-state index is 0.198. The van der Waals surface area contributed by atoms with Crippen molar-refractivity contribution in [2.24, 2.45) is 0 Å². The maximum Gasteiger partial charge on any atom is 0.158 e. The van der Waals surface area contributed by atoms with Crippen molar-refractivity contribution in [3.8, 4) is 0 Å². The van der Waals surface area contributed by atoms with Gasteiger partial charge in [0.25, 0.3) is 0 Å². The van der Waals surface area contributed by atoms with Crippen molar-refractivity contribution < 1.29 is 9.21 Å². The van der Waals surface area contributed by atoms with Crippen LogP contribution in [-0.2, 0) is 4.79 Å². The molecule has 0 radical (unpaired) electrons. The van der Waals surface area contributed by atoms with Gasteiger partial charge in [-0.3, -0.25) is 4.79 Å². The van der Waals surface area contributed by atoms with Crippen molar-refractivity contribution in [3.05, 3.63) is 35.9 Å². The maximum absolute atomic E-state index is 11.9. The average Bonchev–Trinajstić information content (AvgIpc) is 3.07. The Labute approximate surface area is 140 Å². The fourth-order valence-electron chi connectivity index (χ4n) is 3.25. The third-order valence-electron chi connectivity index (χ3n) is 4.58. The quantitative estimate of drug-likeness (QED) is 0.560. The van der Waals surface area contributed by atoms with Gasteiger partial charge in [-0.2, -0.15) is 0 Å². The Hall–Kier alpha value is -1.51. The summed E-state index contributed by atoms with van der Waals surface area (Å²) in [6.45, 7) is 3.23.